The van der Waals surface area contributed by atoms with Gasteiger partial charge in [-0.2, -0.15) is 13.2 Å². The summed E-state index contributed by atoms with van der Waals surface area (Å²) >= 11 is 6.02. The number of nitrogens with zero attached hydrogens (tertiary/aromatic N) is 1. The first-order chi connectivity index (χ1) is 11.7. The number of ether oxygens (including phenoxy) is 2. The number of aromatic nitrogens is 1. The molecule has 0 saturated carbocycles. The summed E-state index contributed by atoms with van der Waals surface area (Å²) in [6.07, 6.45) is -5.04. The Morgan fingerprint density at radius 1 is 1.42 bits per heavy atom. The van der Waals surface area contributed by atoms with E-state index in [1.54, 1.807) is 27.7 Å². The van der Waals surface area contributed by atoms with Crippen LogP contribution in [-0.2, 0) is 10.3 Å². The molecule has 1 N–H and O–H groups in total. The van der Waals surface area contributed by atoms with Gasteiger partial charge < -0.3 is 14.8 Å². The first kappa shape index (κ1) is 20.4. The molecule has 0 radical (unpaired) electrons. The smallest absolute Gasteiger partial charge is 0.417 e. The summed E-state index contributed by atoms with van der Waals surface area (Å²) < 4.78 is 49.7. The Morgan fingerprint density at radius 3 is 2.58 bits per heavy atom. The van der Waals surface area contributed by atoms with Gasteiger partial charge in [0.25, 0.3) is 0 Å². The summed E-state index contributed by atoms with van der Waals surface area (Å²) in [5.41, 5.74) is -3.03. The van der Waals surface area contributed by atoms with Crippen LogP contribution in [0, 0.1) is 0 Å². The Kier molecular flexibility index (Phi) is 5.20. The number of amides is 1. The molecular formula is C17H20ClF3N2O3. The number of halogens is 4. The third kappa shape index (κ3) is 4.41. The average molecular weight is 393 g/mol. The molecule has 0 bridgehead atoms. The molecule has 1 aliphatic rings. The van der Waals surface area contributed by atoms with Gasteiger partial charge in [0.15, 0.2) is 10.9 Å². The van der Waals surface area contributed by atoms with Gasteiger partial charge in [-0.05, 0) is 33.8 Å². The Balaban J connectivity index is 2.45. The number of rotatable bonds is 2. The number of hydrogen-bond acceptors (Lipinski definition) is 4. The van der Waals surface area contributed by atoms with Crippen LogP contribution in [0.2, 0.25) is 5.15 Å². The van der Waals surface area contributed by atoms with E-state index in [1.165, 1.54) is 6.07 Å². The van der Waals surface area contributed by atoms with Gasteiger partial charge in [-0.3, -0.25) is 0 Å². The van der Waals surface area contributed by atoms with Crippen LogP contribution in [0.5, 0.6) is 5.75 Å². The molecule has 9 heteroatoms. The van der Waals surface area contributed by atoms with Gasteiger partial charge in [0, 0.05) is 12.0 Å². The molecule has 0 fully saturated rings. The zero-order chi connectivity index (χ0) is 19.9. The third-order valence-electron chi connectivity index (χ3n) is 3.80. The van der Waals surface area contributed by atoms with E-state index in [9.17, 15) is 18.0 Å². The van der Waals surface area contributed by atoms with Crippen molar-refractivity contribution in [2.75, 3.05) is 6.61 Å². The largest absolute Gasteiger partial charge is 0.490 e. The lowest BCUT2D eigenvalue weighted by Crippen LogP contribution is -2.48. The fraction of sp³-hybridized carbons (Fsp3) is 0.529. The van der Waals surface area contributed by atoms with Crippen molar-refractivity contribution in [3.8, 4) is 5.75 Å². The SMILES string of the molecule is C=C(c1cc2c(c(Cl)n1)OCCC2(C)NC(=O)OC(C)(C)C)C(F)(F)F. The van der Waals surface area contributed by atoms with E-state index in [0.717, 1.165) is 0 Å². The van der Waals surface area contributed by atoms with Gasteiger partial charge in [0.05, 0.1) is 23.4 Å². The predicted molar refractivity (Wildman–Crippen MR) is 91.2 cm³/mol. The molecule has 144 valence electrons. The molecule has 0 spiro atoms. The summed E-state index contributed by atoms with van der Waals surface area (Å²) in [6.45, 7) is 10.0. The fourth-order valence-electron chi connectivity index (χ4n) is 2.50. The monoisotopic (exact) mass is 392 g/mol. The number of nitrogens with one attached hydrogen (secondary N) is 1. The van der Waals surface area contributed by atoms with Crippen molar-refractivity contribution in [3.05, 3.63) is 29.1 Å². The van der Waals surface area contributed by atoms with E-state index in [0.29, 0.717) is 6.42 Å². The van der Waals surface area contributed by atoms with Gasteiger partial charge in [-0.25, -0.2) is 9.78 Å². The lowest BCUT2D eigenvalue weighted by Gasteiger charge is -2.37. The number of carbonyl (C=O) groups is 1. The van der Waals surface area contributed by atoms with E-state index < -0.39 is 34.7 Å². The molecule has 1 unspecified atom stereocenters. The molecular weight excluding hydrogens is 373 g/mol. The third-order valence-corrected chi connectivity index (χ3v) is 4.06. The maximum atomic E-state index is 13.0. The van der Waals surface area contributed by atoms with Crippen LogP contribution in [0.15, 0.2) is 12.6 Å². The Morgan fingerprint density at radius 2 is 2.04 bits per heavy atom. The van der Waals surface area contributed by atoms with E-state index in [4.69, 9.17) is 21.1 Å². The molecule has 1 amide bonds. The van der Waals surface area contributed by atoms with Crippen molar-refractivity contribution in [1.29, 1.82) is 0 Å². The van der Waals surface area contributed by atoms with Gasteiger partial charge in [-0.15, -0.1) is 0 Å². The number of alkyl halides is 3. The zero-order valence-electron chi connectivity index (χ0n) is 14.9. The summed E-state index contributed by atoms with van der Waals surface area (Å²) in [7, 11) is 0. The van der Waals surface area contributed by atoms with E-state index in [-0.39, 0.29) is 23.1 Å². The summed E-state index contributed by atoms with van der Waals surface area (Å²) in [4.78, 5) is 15.9. The van der Waals surface area contributed by atoms with Crippen LogP contribution in [-0.4, -0.2) is 29.5 Å². The van der Waals surface area contributed by atoms with E-state index in [2.05, 4.69) is 16.9 Å². The number of pyridine rings is 1. The molecule has 26 heavy (non-hydrogen) atoms. The Hall–Kier alpha value is -1.96. The fourth-order valence-corrected chi connectivity index (χ4v) is 2.75. The van der Waals surface area contributed by atoms with Crippen molar-refractivity contribution < 1.29 is 27.4 Å². The molecule has 0 aromatic carbocycles. The maximum absolute atomic E-state index is 13.0. The minimum Gasteiger partial charge on any atom is -0.490 e. The molecule has 1 aliphatic heterocycles. The van der Waals surface area contributed by atoms with Crippen LogP contribution in [0.1, 0.15) is 45.4 Å². The second-order valence-electron chi connectivity index (χ2n) is 7.21. The van der Waals surface area contributed by atoms with Crippen molar-refractivity contribution >= 4 is 23.3 Å². The highest BCUT2D eigenvalue weighted by molar-refractivity contribution is 6.31. The minimum absolute atomic E-state index is 0.134. The van der Waals surface area contributed by atoms with Gasteiger partial charge in [0.2, 0.25) is 0 Å². The second kappa shape index (κ2) is 6.64. The summed E-state index contributed by atoms with van der Waals surface area (Å²) in [5, 5.41) is 2.48. The number of alkyl carbamates (subject to hydrolysis) is 1. The lowest BCUT2D eigenvalue weighted by molar-refractivity contribution is -0.0689. The highest BCUT2D eigenvalue weighted by atomic mass is 35.5. The predicted octanol–water partition coefficient (Wildman–Crippen LogP) is 4.83. The Bertz CT molecular complexity index is 744. The first-order valence-corrected chi connectivity index (χ1v) is 8.22. The number of hydrogen-bond donors (Lipinski definition) is 1. The van der Waals surface area contributed by atoms with Gasteiger partial charge in [-0.1, -0.05) is 18.2 Å². The van der Waals surface area contributed by atoms with Crippen LogP contribution in [0.25, 0.3) is 5.57 Å². The van der Waals surface area contributed by atoms with E-state index >= 15 is 0 Å². The molecule has 0 aliphatic carbocycles. The standard InChI is InChI=1S/C17H20ClF3N2O3/c1-9(17(19,20)21)11-8-10-12(13(18)22-11)25-7-6-16(10,5)23-14(24)26-15(2,3)4/h8H,1,6-7H2,2-5H3,(H,23,24). The van der Waals surface area contributed by atoms with Crippen molar-refractivity contribution in [3.63, 3.8) is 0 Å². The van der Waals surface area contributed by atoms with Crippen molar-refractivity contribution in [1.82, 2.24) is 10.3 Å². The molecule has 2 heterocycles. The lowest BCUT2D eigenvalue weighted by atomic mass is 9.86. The minimum atomic E-state index is -4.66. The van der Waals surface area contributed by atoms with Crippen molar-refractivity contribution in [2.45, 2.75) is 51.4 Å². The van der Waals surface area contributed by atoms with Crippen molar-refractivity contribution in [2.24, 2.45) is 0 Å². The molecule has 0 saturated heterocycles. The van der Waals surface area contributed by atoms with Crippen LogP contribution in [0.3, 0.4) is 0 Å². The average Bonchev–Trinajstić information content (AvgIpc) is 2.44. The molecule has 1 atom stereocenters. The topological polar surface area (TPSA) is 60.5 Å². The van der Waals surface area contributed by atoms with E-state index in [1.807, 2.05) is 0 Å². The van der Waals surface area contributed by atoms with Gasteiger partial charge >= 0.3 is 12.3 Å². The number of carbonyl (C=O) groups excluding carboxylic acids is 1. The molecule has 2 rings (SSSR count). The molecule has 1 aromatic rings. The van der Waals surface area contributed by atoms with Gasteiger partial charge in [0.1, 0.15) is 5.60 Å². The Labute approximate surface area is 154 Å². The normalized spacial score (nSPS) is 20.0. The highest BCUT2D eigenvalue weighted by Crippen LogP contribution is 2.43. The van der Waals surface area contributed by atoms with Crippen LogP contribution >= 0.6 is 11.6 Å². The number of fused-ring (bicyclic) bond motifs is 1. The van der Waals surface area contributed by atoms with Crippen LogP contribution in [0.4, 0.5) is 18.0 Å². The molecule has 1 aromatic heterocycles. The highest BCUT2D eigenvalue weighted by Gasteiger charge is 2.40. The molecule has 5 nitrogen and oxygen atoms in total. The second-order valence-corrected chi connectivity index (χ2v) is 7.57. The number of allylic oxidation sites excluding steroid dienone is 1. The summed E-state index contributed by atoms with van der Waals surface area (Å²) in [5.74, 6) is 0.134. The maximum Gasteiger partial charge on any atom is 0.417 e. The van der Waals surface area contributed by atoms with Crippen LogP contribution < -0.4 is 10.1 Å². The first-order valence-electron chi connectivity index (χ1n) is 7.84. The zero-order valence-corrected chi connectivity index (χ0v) is 15.6. The quantitative estimate of drug-likeness (QED) is 0.732. The summed E-state index contributed by atoms with van der Waals surface area (Å²) in [6, 6.07) is 1.19.